The monoisotopic (exact) mass is 647 g/mol. The van der Waals surface area contributed by atoms with Crippen LogP contribution in [0.3, 0.4) is 0 Å². The molecule has 0 nitrogen and oxygen atoms in total. The van der Waals surface area contributed by atoms with Gasteiger partial charge in [-0.1, -0.05) is 285 Å². The van der Waals surface area contributed by atoms with Crippen LogP contribution in [-0.2, 0) is 0 Å². The molecule has 1 atom stereocenters. The van der Waals surface area contributed by atoms with Crippen LogP contribution in [0.5, 0.6) is 0 Å². The number of hydrogen-bond donors (Lipinski definition) is 0. The van der Waals surface area contributed by atoms with Gasteiger partial charge in [-0.05, 0) is 11.8 Å². The quantitative estimate of drug-likeness (QED) is 0.0580. The average Bonchev–Trinajstić information content (AvgIpc) is 3.04. The highest BCUT2D eigenvalue weighted by atomic mass is 14.1. The Morgan fingerprint density at radius 3 is 0.587 bits per heavy atom. The standard InChI is InChI=1S/C46H94/c1-5-6-7-8-9-10-11-12-13-14-15-16-17-18-19-20-21-22-23-24-25-26-27-28-31-34-37-40-43-46(4)44-41-38-35-32-29-30-33-36-39-42-45(2)3/h45-46H,5-44H2,1-4H3. The Balaban J connectivity index is 3.12. The van der Waals surface area contributed by atoms with Crippen LogP contribution >= 0.6 is 0 Å². The summed E-state index contributed by atoms with van der Waals surface area (Å²) in [5, 5.41) is 0. The minimum Gasteiger partial charge on any atom is -0.0654 e. The highest BCUT2D eigenvalue weighted by molar-refractivity contribution is 4.57. The van der Waals surface area contributed by atoms with Crippen molar-refractivity contribution >= 4 is 0 Å². The topological polar surface area (TPSA) is 0 Å². The molecule has 0 heterocycles. The van der Waals surface area contributed by atoms with Crippen LogP contribution in [-0.4, -0.2) is 0 Å². The Kier molecular flexibility index (Phi) is 41.2. The molecule has 1 unspecified atom stereocenters. The lowest BCUT2D eigenvalue weighted by molar-refractivity contribution is 0.429. The van der Waals surface area contributed by atoms with Gasteiger partial charge in [0.05, 0.1) is 0 Å². The van der Waals surface area contributed by atoms with Gasteiger partial charge >= 0.3 is 0 Å². The van der Waals surface area contributed by atoms with Crippen molar-refractivity contribution in [2.45, 2.75) is 285 Å². The van der Waals surface area contributed by atoms with Gasteiger partial charge in [0.2, 0.25) is 0 Å². The van der Waals surface area contributed by atoms with Crippen molar-refractivity contribution in [3.8, 4) is 0 Å². The zero-order chi connectivity index (χ0) is 33.4. The fourth-order valence-corrected chi connectivity index (χ4v) is 7.59. The van der Waals surface area contributed by atoms with Crippen LogP contribution in [0, 0.1) is 11.8 Å². The predicted molar refractivity (Wildman–Crippen MR) is 214 cm³/mol. The maximum Gasteiger partial charge on any atom is -0.0443 e. The van der Waals surface area contributed by atoms with E-state index in [1.54, 1.807) is 0 Å². The fourth-order valence-electron chi connectivity index (χ4n) is 7.59. The Morgan fingerprint density at radius 2 is 0.391 bits per heavy atom. The third kappa shape index (κ3) is 42.0. The Morgan fingerprint density at radius 1 is 0.217 bits per heavy atom. The molecule has 0 aromatic rings. The zero-order valence-corrected chi connectivity index (χ0v) is 33.4. The van der Waals surface area contributed by atoms with E-state index in [4.69, 9.17) is 0 Å². The second-order valence-electron chi connectivity index (χ2n) is 16.6. The van der Waals surface area contributed by atoms with E-state index in [0.717, 1.165) is 11.8 Å². The van der Waals surface area contributed by atoms with E-state index < -0.39 is 0 Å². The van der Waals surface area contributed by atoms with Crippen LogP contribution in [0.25, 0.3) is 0 Å². The Bertz CT molecular complexity index is 506. The number of hydrogen-bond acceptors (Lipinski definition) is 0. The first-order valence-electron chi connectivity index (χ1n) is 22.7. The molecule has 0 aliphatic rings. The summed E-state index contributed by atoms with van der Waals surface area (Å²) >= 11 is 0. The second kappa shape index (κ2) is 41.2. The van der Waals surface area contributed by atoms with Gasteiger partial charge in [-0.3, -0.25) is 0 Å². The lowest BCUT2D eigenvalue weighted by Gasteiger charge is -2.11. The first-order chi connectivity index (χ1) is 22.7. The molecule has 0 bridgehead atoms. The molecule has 278 valence electrons. The van der Waals surface area contributed by atoms with Crippen LogP contribution in [0.15, 0.2) is 0 Å². The van der Waals surface area contributed by atoms with Gasteiger partial charge in [-0.25, -0.2) is 0 Å². The normalized spacial score (nSPS) is 12.5. The van der Waals surface area contributed by atoms with Crippen molar-refractivity contribution in [3.05, 3.63) is 0 Å². The molecule has 0 radical (unpaired) electrons. The summed E-state index contributed by atoms with van der Waals surface area (Å²) in [5.41, 5.74) is 0. The van der Waals surface area contributed by atoms with E-state index in [-0.39, 0.29) is 0 Å². The summed E-state index contributed by atoms with van der Waals surface area (Å²) in [6, 6.07) is 0. The summed E-state index contributed by atoms with van der Waals surface area (Å²) in [5.74, 6) is 1.86. The van der Waals surface area contributed by atoms with Crippen LogP contribution in [0.1, 0.15) is 285 Å². The summed E-state index contributed by atoms with van der Waals surface area (Å²) in [7, 11) is 0. The van der Waals surface area contributed by atoms with Crippen LogP contribution < -0.4 is 0 Å². The van der Waals surface area contributed by atoms with Crippen molar-refractivity contribution in [2.75, 3.05) is 0 Å². The SMILES string of the molecule is CCCCCCCCCCCCCCCCCCCCCCCCCCCCCCC(C)CCCCCCCCCCCC(C)C. The second-order valence-corrected chi connectivity index (χ2v) is 16.6. The Hall–Kier alpha value is 0. The molecule has 0 rings (SSSR count). The highest BCUT2D eigenvalue weighted by Crippen LogP contribution is 2.20. The predicted octanol–water partition coefficient (Wildman–Crippen LogP) is 17.9. The van der Waals surface area contributed by atoms with E-state index in [9.17, 15) is 0 Å². The molecule has 0 aromatic carbocycles. The van der Waals surface area contributed by atoms with Crippen molar-refractivity contribution in [1.82, 2.24) is 0 Å². The number of unbranched alkanes of at least 4 members (excludes halogenated alkanes) is 35. The maximum absolute atomic E-state index is 2.51. The molecule has 0 aliphatic carbocycles. The van der Waals surface area contributed by atoms with Crippen LogP contribution in [0.4, 0.5) is 0 Å². The van der Waals surface area contributed by atoms with Gasteiger partial charge in [0, 0.05) is 0 Å². The maximum atomic E-state index is 2.51. The molecular weight excluding hydrogens is 553 g/mol. The smallest absolute Gasteiger partial charge is 0.0443 e. The van der Waals surface area contributed by atoms with Gasteiger partial charge in [-0.2, -0.15) is 0 Å². The van der Waals surface area contributed by atoms with Crippen LogP contribution in [0.2, 0.25) is 0 Å². The van der Waals surface area contributed by atoms with E-state index in [1.165, 1.54) is 257 Å². The minimum absolute atomic E-state index is 0.894. The summed E-state index contributed by atoms with van der Waals surface area (Å²) in [6.45, 7) is 9.53. The molecule has 0 amide bonds. The number of rotatable bonds is 41. The molecular formula is C46H94. The largest absolute Gasteiger partial charge is 0.0654 e. The Labute approximate surface area is 295 Å². The van der Waals surface area contributed by atoms with E-state index in [2.05, 4.69) is 27.7 Å². The minimum atomic E-state index is 0.894. The molecule has 0 heteroatoms. The molecule has 0 aromatic heterocycles. The molecule has 0 saturated carbocycles. The third-order valence-electron chi connectivity index (χ3n) is 11.0. The lowest BCUT2D eigenvalue weighted by Crippen LogP contribution is -1.95. The lowest BCUT2D eigenvalue weighted by atomic mass is 9.95. The summed E-state index contributed by atoms with van der Waals surface area (Å²) in [4.78, 5) is 0. The van der Waals surface area contributed by atoms with Crippen molar-refractivity contribution < 1.29 is 0 Å². The van der Waals surface area contributed by atoms with Crippen molar-refractivity contribution in [2.24, 2.45) is 11.8 Å². The molecule has 0 aliphatic heterocycles. The van der Waals surface area contributed by atoms with Crippen molar-refractivity contribution in [1.29, 1.82) is 0 Å². The van der Waals surface area contributed by atoms with Gasteiger partial charge in [0.25, 0.3) is 0 Å². The van der Waals surface area contributed by atoms with E-state index in [1.807, 2.05) is 0 Å². The molecule has 46 heavy (non-hydrogen) atoms. The van der Waals surface area contributed by atoms with Gasteiger partial charge in [0.15, 0.2) is 0 Å². The first-order valence-corrected chi connectivity index (χ1v) is 22.7. The van der Waals surface area contributed by atoms with Gasteiger partial charge < -0.3 is 0 Å². The fraction of sp³-hybridized carbons (Fsp3) is 1.00. The zero-order valence-electron chi connectivity index (χ0n) is 33.4. The first kappa shape index (κ1) is 46.0. The highest BCUT2D eigenvalue weighted by Gasteiger charge is 2.03. The van der Waals surface area contributed by atoms with E-state index >= 15 is 0 Å². The summed E-state index contributed by atoms with van der Waals surface area (Å²) in [6.07, 6.45) is 59.3. The van der Waals surface area contributed by atoms with E-state index in [0.29, 0.717) is 0 Å². The summed E-state index contributed by atoms with van der Waals surface area (Å²) < 4.78 is 0. The average molecular weight is 647 g/mol. The molecule has 0 spiro atoms. The van der Waals surface area contributed by atoms with Gasteiger partial charge in [-0.15, -0.1) is 0 Å². The third-order valence-corrected chi connectivity index (χ3v) is 11.0. The van der Waals surface area contributed by atoms with Gasteiger partial charge in [0.1, 0.15) is 0 Å². The van der Waals surface area contributed by atoms with Crippen molar-refractivity contribution in [3.63, 3.8) is 0 Å². The molecule has 0 fully saturated rings. The molecule has 0 saturated heterocycles. The molecule has 0 N–H and O–H groups in total.